The lowest BCUT2D eigenvalue weighted by molar-refractivity contribution is -0.131. The normalized spacial score (nSPS) is 27.7. The minimum Gasteiger partial charge on any atom is -0.348 e. The number of carbonyl (C=O) groups is 1. The van der Waals surface area contributed by atoms with Gasteiger partial charge in [-0.2, -0.15) is 0 Å². The van der Waals surface area contributed by atoms with E-state index in [9.17, 15) is 13.2 Å². The number of amides is 1. The molecule has 3 rings (SSSR count). The Labute approximate surface area is 140 Å². The van der Waals surface area contributed by atoms with E-state index in [1.54, 1.807) is 35.8 Å². The van der Waals surface area contributed by atoms with Crippen molar-refractivity contribution in [3.05, 3.63) is 16.6 Å². The van der Waals surface area contributed by atoms with E-state index in [2.05, 4.69) is 9.88 Å². The molecular weight excluding hydrogens is 336 g/mol. The first-order chi connectivity index (χ1) is 10.9. The van der Waals surface area contributed by atoms with Crippen molar-refractivity contribution in [3.63, 3.8) is 0 Å². The molecule has 2 aliphatic heterocycles. The van der Waals surface area contributed by atoms with E-state index in [4.69, 9.17) is 0 Å². The summed E-state index contributed by atoms with van der Waals surface area (Å²) in [6.45, 7) is 2.43. The fraction of sp³-hybridized carbons (Fsp3) is 0.714. The standard InChI is InChI=1S/C14H22N4O3S2/c1-16(2)14(19)6-18-4-3-17(5-11-7-22-10-15-11)12-8-23(20,21)9-13(12)18/h7,10,12-13H,3-6,8-9H2,1-2H3/t12-,13+/m1/s1. The molecule has 0 unspecified atom stereocenters. The van der Waals surface area contributed by atoms with Crippen LogP contribution in [0, 0.1) is 0 Å². The number of aromatic nitrogens is 1. The Morgan fingerprint density at radius 1 is 1.30 bits per heavy atom. The maximum atomic E-state index is 12.1. The van der Waals surface area contributed by atoms with Crippen LogP contribution in [-0.2, 0) is 21.2 Å². The number of piperazine rings is 1. The Kier molecular flexibility index (Phi) is 4.73. The van der Waals surface area contributed by atoms with Gasteiger partial charge in [0.25, 0.3) is 0 Å². The van der Waals surface area contributed by atoms with E-state index in [1.807, 2.05) is 10.3 Å². The van der Waals surface area contributed by atoms with Crippen molar-refractivity contribution in [2.24, 2.45) is 0 Å². The van der Waals surface area contributed by atoms with Crippen molar-refractivity contribution >= 4 is 27.1 Å². The number of likely N-dealkylation sites (N-methyl/N-ethyl adjacent to an activating group) is 1. The van der Waals surface area contributed by atoms with Crippen LogP contribution in [-0.4, -0.2) is 91.3 Å². The predicted molar refractivity (Wildman–Crippen MR) is 89.0 cm³/mol. The highest BCUT2D eigenvalue weighted by molar-refractivity contribution is 7.91. The average molecular weight is 358 g/mol. The van der Waals surface area contributed by atoms with E-state index >= 15 is 0 Å². The van der Waals surface area contributed by atoms with E-state index in [0.717, 1.165) is 12.2 Å². The molecule has 1 aromatic heterocycles. The van der Waals surface area contributed by atoms with Crippen LogP contribution in [0.25, 0.3) is 0 Å². The Morgan fingerprint density at radius 2 is 1.96 bits per heavy atom. The molecule has 9 heteroatoms. The third-order valence-corrected chi connectivity index (χ3v) is 6.93. The number of thiazole rings is 1. The lowest BCUT2D eigenvalue weighted by atomic mass is 10.0. The van der Waals surface area contributed by atoms with Crippen LogP contribution < -0.4 is 0 Å². The van der Waals surface area contributed by atoms with E-state index in [-0.39, 0.29) is 36.0 Å². The van der Waals surface area contributed by atoms with Crippen LogP contribution in [0.2, 0.25) is 0 Å². The lowest BCUT2D eigenvalue weighted by Gasteiger charge is -2.43. The third kappa shape index (κ3) is 3.73. The molecular formula is C14H22N4O3S2. The third-order valence-electron chi connectivity index (χ3n) is 4.59. The zero-order valence-electron chi connectivity index (χ0n) is 13.4. The van der Waals surface area contributed by atoms with Crippen molar-refractivity contribution in [2.75, 3.05) is 45.2 Å². The SMILES string of the molecule is CN(C)C(=O)CN1CCN(Cc2cscn2)[C@@H]2CS(=O)(=O)C[C@@H]21. The van der Waals surface area contributed by atoms with Crippen LogP contribution >= 0.6 is 11.3 Å². The summed E-state index contributed by atoms with van der Waals surface area (Å²) < 4.78 is 24.3. The summed E-state index contributed by atoms with van der Waals surface area (Å²) in [7, 11) is 0.396. The van der Waals surface area contributed by atoms with E-state index in [0.29, 0.717) is 13.1 Å². The van der Waals surface area contributed by atoms with Gasteiger partial charge >= 0.3 is 0 Å². The van der Waals surface area contributed by atoms with Crippen molar-refractivity contribution in [2.45, 2.75) is 18.6 Å². The first-order valence-electron chi connectivity index (χ1n) is 7.61. The number of sulfone groups is 1. The fourth-order valence-corrected chi connectivity index (χ4v) is 5.92. The summed E-state index contributed by atoms with van der Waals surface area (Å²) in [5.41, 5.74) is 2.78. The Balaban J connectivity index is 1.76. The van der Waals surface area contributed by atoms with Crippen molar-refractivity contribution in [1.82, 2.24) is 19.7 Å². The van der Waals surface area contributed by atoms with Crippen LogP contribution in [0.1, 0.15) is 5.69 Å². The molecule has 2 saturated heterocycles. The first kappa shape index (κ1) is 16.8. The highest BCUT2D eigenvalue weighted by Gasteiger charge is 2.46. The molecule has 0 N–H and O–H groups in total. The fourth-order valence-electron chi connectivity index (χ4n) is 3.33. The smallest absolute Gasteiger partial charge is 0.236 e. The maximum Gasteiger partial charge on any atom is 0.236 e. The molecule has 0 radical (unpaired) electrons. The zero-order chi connectivity index (χ0) is 16.6. The molecule has 23 heavy (non-hydrogen) atoms. The number of nitrogens with zero attached hydrogens (tertiary/aromatic N) is 4. The number of hydrogen-bond donors (Lipinski definition) is 0. The Morgan fingerprint density at radius 3 is 2.57 bits per heavy atom. The monoisotopic (exact) mass is 358 g/mol. The molecule has 1 aromatic rings. The van der Waals surface area contributed by atoms with Crippen LogP contribution in [0.4, 0.5) is 0 Å². The summed E-state index contributed by atoms with van der Waals surface area (Å²) >= 11 is 1.55. The van der Waals surface area contributed by atoms with Gasteiger partial charge in [-0.3, -0.25) is 14.6 Å². The number of rotatable bonds is 4. The quantitative estimate of drug-likeness (QED) is 0.723. The molecule has 2 aliphatic rings. The molecule has 0 bridgehead atoms. The van der Waals surface area contributed by atoms with Gasteiger partial charge in [-0.25, -0.2) is 13.4 Å². The molecule has 2 fully saturated rings. The van der Waals surface area contributed by atoms with Crippen molar-refractivity contribution in [1.29, 1.82) is 0 Å². The summed E-state index contributed by atoms with van der Waals surface area (Å²) in [6, 6.07) is -0.151. The second-order valence-corrected chi connectivity index (χ2v) is 9.29. The van der Waals surface area contributed by atoms with Crippen LogP contribution in [0.5, 0.6) is 0 Å². The van der Waals surface area contributed by atoms with Gasteiger partial charge in [0, 0.05) is 51.2 Å². The summed E-state index contributed by atoms with van der Waals surface area (Å²) in [5.74, 6) is 0.335. The number of hydrogen-bond acceptors (Lipinski definition) is 7. The minimum absolute atomic E-state index is 0.0148. The van der Waals surface area contributed by atoms with E-state index < -0.39 is 9.84 Å². The predicted octanol–water partition coefficient (Wildman–Crippen LogP) is -0.485. The van der Waals surface area contributed by atoms with Gasteiger partial charge in [-0.05, 0) is 0 Å². The molecule has 0 aromatic carbocycles. The highest BCUT2D eigenvalue weighted by atomic mass is 32.2. The van der Waals surface area contributed by atoms with Gasteiger partial charge in [-0.15, -0.1) is 11.3 Å². The van der Waals surface area contributed by atoms with Crippen molar-refractivity contribution < 1.29 is 13.2 Å². The number of carbonyl (C=O) groups excluding carboxylic acids is 1. The maximum absolute atomic E-state index is 12.1. The Hall–Kier alpha value is -1.03. The van der Waals surface area contributed by atoms with Crippen LogP contribution in [0.15, 0.2) is 10.9 Å². The zero-order valence-corrected chi connectivity index (χ0v) is 15.0. The van der Waals surface area contributed by atoms with Crippen molar-refractivity contribution in [3.8, 4) is 0 Å². The van der Waals surface area contributed by atoms with Crippen LogP contribution in [0.3, 0.4) is 0 Å². The van der Waals surface area contributed by atoms with Gasteiger partial charge < -0.3 is 4.90 Å². The molecule has 3 heterocycles. The molecule has 0 aliphatic carbocycles. The summed E-state index contributed by atoms with van der Waals surface area (Å²) in [5, 5.41) is 2.00. The molecule has 0 saturated carbocycles. The summed E-state index contributed by atoms with van der Waals surface area (Å²) in [6.07, 6.45) is 0. The molecule has 128 valence electrons. The lowest BCUT2D eigenvalue weighted by Crippen LogP contribution is -2.60. The second kappa shape index (κ2) is 6.46. The molecule has 7 nitrogen and oxygen atoms in total. The second-order valence-electron chi connectivity index (χ2n) is 6.42. The van der Waals surface area contributed by atoms with E-state index in [1.165, 1.54) is 0 Å². The highest BCUT2D eigenvalue weighted by Crippen LogP contribution is 2.28. The number of fused-ring (bicyclic) bond motifs is 1. The average Bonchev–Trinajstić information content (AvgIpc) is 3.07. The molecule has 0 spiro atoms. The first-order valence-corrected chi connectivity index (χ1v) is 10.4. The molecule has 1 amide bonds. The van der Waals surface area contributed by atoms with Gasteiger partial charge in [0.2, 0.25) is 5.91 Å². The Bertz CT molecular complexity index is 660. The van der Waals surface area contributed by atoms with Gasteiger partial charge in [0.05, 0.1) is 29.3 Å². The topological polar surface area (TPSA) is 73.8 Å². The minimum atomic E-state index is -3.06. The molecule has 2 atom stereocenters. The van der Waals surface area contributed by atoms with Gasteiger partial charge in [0.15, 0.2) is 9.84 Å². The summed E-state index contributed by atoms with van der Waals surface area (Å²) in [4.78, 5) is 22.1. The van der Waals surface area contributed by atoms with Gasteiger partial charge in [0.1, 0.15) is 0 Å². The largest absolute Gasteiger partial charge is 0.348 e. The van der Waals surface area contributed by atoms with Gasteiger partial charge in [-0.1, -0.05) is 0 Å².